The summed E-state index contributed by atoms with van der Waals surface area (Å²) in [5.74, 6) is -0.0573. The molecule has 2 rings (SSSR count). The number of amides is 2. The van der Waals surface area contributed by atoms with Crippen LogP contribution in [0.3, 0.4) is 0 Å². The van der Waals surface area contributed by atoms with E-state index in [9.17, 15) is 9.59 Å². The molecule has 1 aromatic rings. The minimum Gasteiger partial charge on any atom is -0.355 e. The van der Waals surface area contributed by atoms with Crippen molar-refractivity contribution >= 4 is 23.4 Å². The van der Waals surface area contributed by atoms with E-state index in [4.69, 9.17) is 11.6 Å². The van der Waals surface area contributed by atoms with Crippen LogP contribution >= 0.6 is 11.6 Å². The van der Waals surface area contributed by atoms with Gasteiger partial charge in [0, 0.05) is 18.1 Å². The number of hydrogen-bond acceptors (Lipinski definition) is 2. The maximum absolute atomic E-state index is 13.0. The second-order valence-electron chi connectivity index (χ2n) is 5.72. The molecular weight excluding hydrogens is 300 g/mol. The highest BCUT2D eigenvalue weighted by Crippen LogP contribution is 2.45. The highest BCUT2D eigenvalue weighted by atomic mass is 35.5. The fourth-order valence-electron chi connectivity index (χ4n) is 2.98. The molecule has 0 aliphatic heterocycles. The Kier molecular flexibility index (Phi) is 5.46. The van der Waals surface area contributed by atoms with Crippen molar-refractivity contribution in [2.24, 2.45) is 0 Å². The molecule has 1 aromatic carbocycles. The third-order valence-electron chi connectivity index (χ3n) is 4.39. The van der Waals surface area contributed by atoms with Crippen molar-refractivity contribution in [1.82, 2.24) is 10.2 Å². The van der Waals surface area contributed by atoms with Crippen LogP contribution in [0.5, 0.6) is 0 Å². The summed E-state index contributed by atoms with van der Waals surface area (Å²) in [4.78, 5) is 26.5. The Hall–Kier alpha value is -1.55. The van der Waals surface area contributed by atoms with Gasteiger partial charge in [0.05, 0.1) is 12.0 Å². The van der Waals surface area contributed by atoms with Crippen LogP contribution in [0.2, 0.25) is 5.02 Å². The van der Waals surface area contributed by atoms with Gasteiger partial charge in [-0.25, -0.2) is 0 Å². The lowest BCUT2D eigenvalue weighted by Crippen LogP contribution is -2.53. The molecule has 1 aliphatic carbocycles. The van der Waals surface area contributed by atoms with Crippen LogP contribution in [-0.2, 0) is 15.0 Å². The number of nitrogens with zero attached hydrogens (tertiary/aromatic N) is 1. The number of carbonyl (C=O) groups is 2. The topological polar surface area (TPSA) is 49.4 Å². The predicted molar refractivity (Wildman–Crippen MR) is 87.9 cm³/mol. The molecule has 0 atom stereocenters. The van der Waals surface area contributed by atoms with Crippen LogP contribution in [-0.4, -0.2) is 36.3 Å². The molecule has 0 unspecified atom stereocenters. The second kappa shape index (κ2) is 7.14. The summed E-state index contributed by atoms with van der Waals surface area (Å²) in [5, 5.41) is 3.42. The summed E-state index contributed by atoms with van der Waals surface area (Å²) < 4.78 is 0. The lowest BCUT2D eigenvalue weighted by atomic mass is 9.63. The summed E-state index contributed by atoms with van der Waals surface area (Å²) in [7, 11) is 0. The molecule has 1 aliphatic rings. The number of rotatable bonds is 6. The fourth-order valence-corrected chi connectivity index (χ4v) is 3.11. The zero-order valence-corrected chi connectivity index (χ0v) is 13.9. The summed E-state index contributed by atoms with van der Waals surface area (Å²) in [6, 6.07) is 7.51. The van der Waals surface area contributed by atoms with E-state index in [1.54, 1.807) is 4.90 Å². The van der Waals surface area contributed by atoms with E-state index >= 15 is 0 Å². The number of likely N-dealkylation sites (N-methyl/N-ethyl adjacent to an activating group) is 2. The highest BCUT2D eigenvalue weighted by Gasteiger charge is 2.47. The summed E-state index contributed by atoms with van der Waals surface area (Å²) in [6.07, 6.45) is 2.70. The molecule has 1 fully saturated rings. The average molecular weight is 323 g/mol. The molecule has 0 bridgehead atoms. The minimum absolute atomic E-state index is 0.0508. The average Bonchev–Trinajstić information content (AvgIpc) is 2.45. The minimum atomic E-state index is -0.479. The molecule has 0 spiro atoms. The van der Waals surface area contributed by atoms with E-state index in [0.717, 1.165) is 24.8 Å². The van der Waals surface area contributed by atoms with Crippen LogP contribution in [0.4, 0.5) is 0 Å². The van der Waals surface area contributed by atoms with Crippen LogP contribution in [0, 0.1) is 0 Å². The SMILES string of the molecule is CCNC(=O)CN(CC)C(=O)C1(c2ccc(Cl)cc2)CCC1. The van der Waals surface area contributed by atoms with Gasteiger partial charge >= 0.3 is 0 Å². The van der Waals surface area contributed by atoms with Crippen molar-refractivity contribution in [2.75, 3.05) is 19.6 Å². The fraction of sp³-hybridized carbons (Fsp3) is 0.529. The first-order chi connectivity index (χ1) is 10.5. The third-order valence-corrected chi connectivity index (χ3v) is 4.64. The summed E-state index contributed by atoms with van der Waals surface area (Å²) in [5.41, 5.74) is 0.523. The van der Waals surface area contributed by atoms with Crippen molar-refractivity contribution in [2.45, 2.75) is 38.5 Å². The number of carbonyl (C=O) groups excluding carboxylic acids is 2. The Balaban J connectivity index is 2.19. The van der Waals surface area contributed by atoms with Gasteiger partial charge in [-0.2, -0.15) is 0 Å². The molecule has 22 heavy (non-hydrogen) atoms. The lowest BCUT2D eigenvalue weighted by Gasteiger charge is -2.43. The van der Waals surface area contributed by atoms with E-state index in [1.807, 2.05) is 38.1 Å². The number of benzene rings is 1. The largest absolute Gasteiger partial charge is 0.355 e. The number of halogens is 1. The maximum Gasteiger partial charge on any atom is 0.239 e. The van der Waals surface area contributed by atoms with Crippen molar-refractivity contribution < 1.29 is 9.59 Å². The van der Waals surface area contributed by atoms with E-state index in [0.29, 0.717) is 18.1 Å². The zero-order valence-electron chi connectivity index (χ0n) is 13.2. The Morgan fingerprint density at radius 1 is 1.23 bits per heavy atom. The Bertz CT molecular complexity index is 538. The predicted octanol–water partition coefficient (Wildman–Crippen LogP) is 2.75. The van der Waals surface area contributed by atoms with Gasteiger partial charge in [0.15, 0.2) is 0 Å². The van der Waals surface area contributed by atoms with Crippen molar-refractivity contribution in [3.8, 4) is 0 Å². The van der Waals surface area contributed by atoms with E-state index in [2.05, 4.69) is 5.32 Å². The van der Waals surface area contributed by atoms with Crippen molar-refractivity contribution in [1.29, 1.82) is 0 Å². The van der Waals surface area contributed by atoms with E-state index in [1.165, 1.54) is 0 Å². The van der Waals surface area contributed by atoms with Crippen LogP contribution in [0.1, 0.15) is 38.7 Å². The quantitative estimate of drug-likeness (QED) is 0.875. The lowest BCUT2D eigenvalue weighted by molar-refractivity contribution is -0.143. The molecule has 2 amide bonds. The van der Waals surface area contributed by atoms with Gasteiger partial charge in [0.1, 0.15) is 0 Å². The smallest absolute Gasteiger partial charge is 0.239 e. The van der Waals surface area contributed by atoms with Gasteiger partial charge in [-0.15, -0.1) is 0 Å². The first-order valence-corrected chi connectivity index (χ1v) is 8.23. The van der Waals surface area contributed by atoms with Crippen molar-refractivity contribution in [3.63, 3.8) is 0 Å². The molecule has 0 saturated heterocycles. The molecule has 5 heteroatoms. The van der Waals surface area contributed by atoms with Gasteiger partial charge in [-0.1, -0.05) is 30.2 Å². The summed E-state index contributed by atoms with van der Waals surface area (Å²) in [6.45, 7) is 5.01. The monoisotopic (exact) mass is 322 g/mol. The normalized spacial score (nSPS) is 15.8. The zero-order chi connectivity index (χ0) is 16.2. The summed E-state index contributed by atoms with van der Waals surface area (Å²) >= 11 is 5.95. The van der Waals surface area contributed by atoms with Crippen LogP contribution in [0.15, 0.2) is 24.3 Å². The Labute approximate surface area is 136 Å². The molecule has 0 aromatic heterocycles. The van der Waals surface area contributed by atoms with Gasteiger partial charge in [0.25, 0.3) is 0 Å². The van der Waals surface area contributed by atoms with Crippen LogP contribution in [0.25, 0.3) is 0 Å². The molecule has 0 radical (unpaired) electrons. The Morgan fingerprint density at radius 3 is 2.32 bits per heavy atom. The molecule has 1 saturated carbocycles. The molecule has 120 valence electrons. The van der Waals surface area contributed by atoms with E-state index in [-0.39, 0.29) is 18.4 Å². The van der Waals surface area contributed by atoms with Gasteiger partial charge in [0.2, 0.25) is 11.8 Å². The number of nitrogens with one attached hydrogen (secondary N) is 1. The third kappa shape index (κ3) is 3.27. The molecular formula is C17H23ClN2O2. The van der Waals surface area contributed by atoms with E-state index < -0.39 is 5.41 Å². The molecule has 4 nitrogen and oxygen atoms in total. The maximum atomic E-state index is 13.0. The van der Waals surface area contributed by atoms with Gasteiger partial charge in [-0.3, -0.25) is 9.59 Å². The standard InChI is InChI=1S/C17H23ClN2O2/c1-3-19-15(21)12-20(4-2)16(22)17(10-5-11-17)13-6-8-14(18)9-7-13/h6-9H,3-5,10-12H2,1-2H3,(H,19,21). The number of hydrogen-bond donors (Lipinski definition) is 1. The molecule has 1 N–H and O–H groups in total. The Morgan fingerprint density at radius 2 is 1.86 bits per heavy atom. The first-order valence-electron chi connectivity index (χ1n) is 7.85. The van der Waals surface area contributed by atoms with Gasteiger partial charge in [-0.05, 0) is 44.4 Å². The van der Waals surface area contributed by atoms with Gasteiger partial charge < -0.3 is 10.2 Å². The first kappa shape index (κ1) is 16.8. The highest BCUT2D eigenvalue weighted by molar-refractivity contribution is 6.30. The second-order valence-corrected chi connectivity index (χ2v) is 6.15. The van der Waals surface area contributed by atoms with Crippen molar-refractivity contribution in [3.05, 3.63) is 34.9 Å². The molecule has 0 heterocycles. The van der Waals surface area contributed by atoms with Crippen LogP contribution < -0.4 is 5.32 Å².